The summed E-state index contributed by atoms with van der Waals surface area (Å²) in [6, 6.07) is 10.3. The van der Waals surface area contributed by atoms with Crippen LogP contribution < -0.4 is 10.6 Å². The summed E-state index contributed by atoms with van der Waals surface area (Å²) < 4.78 is 0. The van der Waals surface area contributed by atoms with E-state index in [9.17, 15) is 0 Å². The SMILES string of the molecule is CC(O)CNCCNCC=Cc1ccccc1. The van der Waals surface area contributed by atoms with Gasteiger partial charge in [0.1, 0.15) is 0 Å². The van der Waals surface area contributed by atoms with Crippen molar-refractivity contribution in [2.24, 2.45) is 0 Å². The maximum atomic E-state index is 9.03. The minimum absolute atomic E-state index is 0.270. The first-order chi connectivity index (χ1) is 8.29. The number of nitrogens with one attached hydrogen (secondary N) is 2. The number of aliphatic hydroxyl groups is 1. The van der Waals surface area contributed by atoms with E-state index < -0.39 is 0 Å². The van der Waals surface area contributed by atoms with Gasteiger partial charge in [-0.3, -0.25) is 0 Å². The summed E-state index contributed by atoms with van der Waals surface area (Å²) in [5.41, 5.74) is 1.22. The van der Waals surface area contributed by atoms with Gasteiger partial charge in [-0.05, 0) is 12.5 Å². The molecule has 1 unspecified atom stereocenters. The predicted octanol–water partition coefficient (Wildman–Crippen LogP) is 1.26. The highest BCUT2D eigenvalue weighted by molar-refractivity contribution is 5.48. The highest BCUT2D eigenvalue weighted by Crippen LogP contribution is 1.99. The van der Waals surface area contributed by atoms with Gasteiger partial charge >= 0.3 is 0 Å². The van der Waals surface area contributed by atoms with Crippen LogP contribution in [0.1, 0.15) is 12.5 Å². The summed E-state index contributed by atoms with van der Waals surface area (Å²) in [6.45, 7) is 5.09. The fourth-order valence-corrected chi connectivity index (χ4v) is 1.43. The van der Waals surface area contributed by atoms with E-state index in [-0.39, 0.29) is 6.10 Å². The Labute approximate surface area is 104 Å². The molecule has 0 aliphatic carbocycles. The third-order valence-corrected chi connectivity index (χ3v) is 2.29. The Kier molecular flexibility index (Phi) is 7.30. The Bertz CT molecular complexity index is 309. The fraction of sp³-hybridized carbons (Fsp3) is 0.429. The first-order valence-corrected chi connectivity index (χ1v) is 6.10. The lowest BCUT2D eigenvalue weighted by Crippen LogP contribution is -2.31. The summed E-state index contributed by atoms with van der Waals surface area (Å²) >= 11 is 0. The van der Waals surface area contributed by atoms with Gasteiger partial charge in [0.05, 0.1) is 6.10 Å². The molecule has 17 heavy (non-hydrogen) atoms. The molecule has 0 radical (unpaired) electrons. The normalized spacial score (nSPS) is 13.1. The third-order valence-electron chi connectivity index (χ3n) is 2.29. The Morgan fingerprint density at radius 1 is 1.18 bits per heavy atom. The van der Waals surface area contributed by atoms with Crippen molar-refractivity contribution in [1.82, 2.24) is 10.6 Å². The van der Waals surface area contributed by atoms with Crippen molar-refractivity contribution in [2.75, 3.05) is 26.2 Å². The molecule has 0 fully saturated rings. The van der Waals surface area contributed by atoms with Crippen molar-refractivity contribution in [2.45, 2.75) is 13.0 Å². The zero-order chi connectivity index (χ0) is 12.3. The van der Waals surface area contributed by atoms with Gasteiger partial charge in [0.2, 0.25) is 0 Å². The Hall–Kier alpha value is -1.16. The highest BCUT2D eigenvalue weighted by Gasteiger charge is 1.92. The second-order valence-electron chi connectivity index (χ2n) is 4.07. The van der Waals surface area contributed by atoms with E-state index in [1.54, 1.807) is 6.92 Å². The molecule has 3 nitrogen and oxygen atoms in total. The first kappa shape index (κ1) is 13.9. The average Bonchev–Trinajstić information content (AvgIpc) is 2.33. The second-order valence-corrected chi connectivity index (χ2v) is 4.07. The Morgan fingerprint density at radius 3 is 2.59 bits per heavy atom. The van der Waals surface area contributed by atoms with E-state index in [4.69, 9.17) is 5.11 Å². The van der Waals surface area contributed by atoms with Gasteiger partial charge < -0.3 is 15.7 Å². The highest BCUT2D eigenvalue weighted by atomic mass is 16.3. The molecule has 0 spiro atoms. The van der Waals surface area contributed by atoms with Crippen LogP contribution in [0.25, 0.3) is 6.08 Å². The van der Waals surface area contributed by atoms with E-state index in [1.165, 1.54) is 5.56 Å². The molecule has 1 atom stereocenters. The van der Waals surface area contributed by atoms with Crippen LogP contribution in [-0.4, -0.2) is 37.4 Å². The molecule has 0 heterocycles. The molecule has 1 aromatic rings. The van der Waals surface area contributed by atoms with Crippen LogP contribution in [-0.2, 0) is 0 Å². The Balaban J connectivity index is 1.99. The van der Waals surface area contributed by atoms with Crippen LogP contribution in [0.15, 0.2) is 36.4 Å². The van der Waals surface area contributed by atoms with Gasteiger partial charge in [0, 0.05) is 26.2 Å². The lowest BCUT2D eigenvalue weighted by atomic mass is 10.2. The summed E-state index contributed by atoms with van der Waals surface area (Å²) in [4.78, 5) is 0. The largest absolute Gasteiger partial charge is 0.392 e. The number of aliphatic hydroxyl groups excluding tert-OH is 1. The molecule has 94 valence electrons. The molecule has 3 N–H and O–H groups in total. The van der Waals surface area contributed by atoms with E-state index >= 15 is 0 Å². The second kappa shape index (κ2) is 8.93. The first-order valence-electron chi connectivity index (χ1n) is 6.10. The molecule has 0 saturated carbocycles. The maximum absolute atomic E-state index is 9.03. The summed E-state index contributed by atoms with van der Waals surface area (Å²) in [7, 11) is 0. The topological polar surface area (TPSA) is 44.3 Å². The van der Waals surface area contributed by atoms with Crippen molar-refractivity contribution in [3.63, 3.8) is 0 Å². The quantitative estimate of drug-likeness (QED) is 0.593. The minimum atomic E-state index is -0.270. The summed E-state index contributed by atoms with van der Waals surface area (Å²) in [5, 5.41) is 15.5. The summed E-state index contributed by atoms with van der Waals surface area (Å²) in [5.74, 6) is 0. The van der Waals surface area contributed by atoms with E-state index in [1.807, 2.05) is 18.2 Å². The lowest BCUT2D eigenvalue weighted by Gasteiger charge is -2.06. The molecule has 0 amide bonds. The molecule has 0 bridgehead atoms. The molecule has 0 aliphatic heterocycles. The maximum Gasteiger partial charge on any atom is 0.0636 e. The van der Waals surface area contributed by atoms with Gasteiger partial charge in [-0.25, -0.2) is 0 Å². The monoisotopic (exact) mass is 234 g/mol. The van der Waals surface area contributed by atoms with Crippen molar-refractivity contribution in [3.05, 3.63) is 42.0 Å². The van der Waals surface area contributed by atoms with E-state index in [2.05, 4.69) is 34.9 Å². The number of rotatable bonds is 8. The molecular formula is C14H22N2O. The van der Waals surface area contributed by atoms with Gasteiger partial charge in [0.25, 0.3) is 0 Å². The van der Waals surface area contributed by atoms with Crippen LogP contribution in [0, 0.1) is 0 Å². The van der Waals surface area contributed by atoms with Gasteiger partial charge in [0.15, 0.2) is 0 Å². The van der Waals surface area contributed by atoms with Crippen LogP contribution in [0.4, 0.5) is 0 Å². The van der Waals surface area contributed by atoms with Gasteiger partial charge in [-0.15, -0.1) is 0 Å². The van der Waals surface area contributed by atoms with Crippen molar-refractivity contribution < 1.29 is 5.11 Å². The Morgan fingerprint density at radius 2 is 1.88 bits per heavy atom. The van der Waals surface area contributed by atoms with Crippen molar-refractivity contribution in [3.8, 4) is 0 Å². The van der Waals surface area contributed by atoms with Crippen LogP contribution in [0.5, 0.6) is 0 Å². The predicted molar refractivity (Wildman–Crippen MR) is 72.9 cm³/mol. The van der Waals surface area contributed by atoms with Crippen LogP contribution >= 0.6 is 0 Å². The average molecular weight is 234 g/mol. The summed E-state index contributed by atoms with van der Waals surface area (Å²) in [6.07, 6.45) is 3.95. The zero-order valence-corrected chi connectivity index (χ0v) is 10.4. The molecule has 0 aromatic heterocycles. The molecule has 0 saturated heterocycles. The smallest absolute Gasteiger partial charge is 0.0636 e. The lowest BCUT2D eigenvalue weighted by molar-refractivity contribution is 0.191. The molecule has 1 rings (SSSR count). The molecule has 0 aliphatic rings. The number of hydrogen-bond acceptors (Lipinski definition) is 3. The molecule has 1 aromatic carbocycles. The number of hydrogen-bond donors (Lipinski definition) is 3. The number of benzene rings is 1. The van der Waals surface area contributed by atoms with Gasteiger partial charge in [-0.1, -0.05) is 42.5 Å². The standard InChI is InChI=1S/C14H22N2O/c1-13(17)12-16-11-10-15-9-5-8-14-6-3-2-4-7-14/h2-8,13,15-17H,9-12H2,1H3. The van der Waals surface area contributed by atoms with E-state index in [0.29, 0.717) is 6.54 Å². The van der Waals surface area contributed by atoms with Gasteiger partial charge in [-0.2, -0.15) is 0 Å². The molecule has 3 heteroatoms. The van der Waals surface area contributed by atoms with Crippen molar-refractivity contribution >= 4 is 6.08 Å². The van der Waals surface area contributed by atoms with Crippen molar-refractivity contribution in [1.29, 1.82) is 0 Å². The van der Waals surface area contributed by atoms with E-state index in [0.717, 1.165) is 19.6 Å². The van der Waals surface area contributed by atoms with Crippen LogP contribution in [0.2, 0.25) is 0 Å². The molecular weight excluding hydrogens is 212 g/mol. The zero-order valence-electron chi connectivity index (χ0n) is 10.4. The third kappa shape index (κ3) is 7.69. The van der Waals surface area contributed by atoms with Crippen LogP contribution in [0.3, 0.4) is 0 Å². The fourth-order valence-electron chi connectivity index (χ4n) is 1.43. The minimum Gasteiger partial charge on any atom is -0.392 e.